The van der Waals surface area contributed by atoms with E-state index >= 15 is 0 Å². The number of aromatic nitrogens is 2. The number of fused-ring (bicyclic) bond motifs is 1. The molecule has 1 aromatic heterocycles. The molecule has 0 bridgehead atoms. The maximum Gasteiger partial charge on any atom is 0.272 e. The van der Waals surface area contributed by atoms with E-state index in [0.717, 1.165) is 0 Å². The second-order valence-electron chi connectivity index (χ2n) is 3.94. The summed E-state index contributed by atoms with van der Waals surface area (Å²) in [5.74, 6) is 0. The van der Waals surface area contributed by atoms with Crippen LogP contribution in [0.15, 0.2) is 29.1 Å². The Morgan fingerprint density at radius 3 is 2.82 bits per heavy atom. The third-order valence-electron chi connectivity index (χ3n) is 2.62. The zero-order valence-electron chi connectivity index (χ0n) is 9.50. The molecule has 5 heteroatoms. The molecule has 0 aliphatic heterocycles. The Morgan fingerprint density at radius 2 is 2.12 bits per heavy atom. The molecule has 0 saturated carbocycles. The lowest BCUT2D eigenvalue weighted by atomic mass is 10.2. The molecular weight excluding hydrogens is 220 g/mol. The number of aliphatic hydroxyl groups is 2. The van der Waals surface area contributed by atoms with Gasteiger partial charge in [0, 0.05) is 0 Å². The highest BCUT2D eigenvalue weighted by atomic mass is 16.3. The fourth-order valence-corrected chi connectivity index (χ4v) is 1.77. The number of aliphatic hydroxyl groups excluding tert-OH is 2. The maximum absolute atomic E-state index is 11.9. The molecule has 5 nitrogen and oxygen atoms in total. The van der Waals surface area contributed by atoms with Gasteiger partial charge in [0.1, 0.15) is 5.69 Å². The van der Waals surface area contributed by atoms with Crippen molar-refractivity contribution in [2.45, 2.75) is 19.6 Å². The van der Waals surface area contributed by atoms with Gasteiger partial charge in [-0.05, 0) is 19.1 Å². The van der Waals surface area contributed by atoms with Crippen LogP contribution in [0.4, 0.5) is 0 Å². The van der Waals surface area contributed by atoms with Gasteiger partial charge in [-0.15, -0.1) is 0 Å². The Labute approximate surface area is 98.0 Å². The zero-order valence-corrected chi connectivity index (χ0v) is 9.50. The highest BCUT2D eigenvalue weighted by molar-refractivity contribution is 5.74. The number of hydrogen-bond donors (Lipinski definition) is 2. The Kier molecular flexibility index (Phi) is 3.21. The molecule has 0 fully saturated rings. The van der Waals surface area contributed by atoms with E-state index in [9.17, 15) is 9.90 Å². The molecule has 90 valence electrons. The first kappa shape index (κ1) is 11.8. The Morgan fingerprint density at radius 1 is 1.41 bits per heavy atom. The van der Waals surface area contributed by atoms with Gasteiger partial charge in [-0.25, -0.2) is 4.98 Å². The number of aryl methyl sites for hydroxylation is 1. The summed E-state index contributed by atoms with van der Waals surface area (Å²) in [5.41, 5.74) is 1.51. The van der Waals surface area contributed by atoms with Crippen molar-refractivity contribution in [3.63, 3.8) is 0 Å². The van der Waals surface area contributed by atoms with Crippen LogP contribution in [0.2, 0.25) is 0 Å². The van der Waals surface area contributed by atoms with Crippen LogP contribution in [0, 0.1) is 6.92 Å². The summed E-state index contributed by atoms with van der Waals surface area (Å²) in [6, 6.07) is 7.23. The molecule has 0 amide bonds. The van der Waals surface area contributed by atoms with E-state index in [1.807, 2.05) is 12.1 Å². The number of benzene rings is 1. The normalized spacial score (nSPS) is 12.9. The Hall–Kier alpha value is -1.72. The average Bonchev–Trinajstić information content (AvgIpc) is 2.34. The maximum atomic E-state index is 11.9. The van der Waals surface area contributed by atoms with Gasteiger partial charge in [0.15, 0.2) is 0 Å². The quantitative estimate of drug-likeness (QED) is 0.787. The van der Waals surface area contributed by atoms with E-state index < -0.39 is 6.10 Å². The van der Waals surface area contributed by atoms with Gasteiger partial charge in [0.05, 0.1) is 30.3 Å². The SMILES string of the molecule is Cc1nc2ccccc2n(C[C@@H](O)CO)c1=O. The van der Waals surface area contributed by atoms with E-state index in [4.69, 9.17) is 5.11 Å². The molecule has 0 spiro atoms. The zero-order chi connectivity index (χ0) is 12.4. The van der Waals surface area contributed by atoms with Crippen molar-refractivity contribution >= 4 is 11.0 Å². The first-order valence-corrected chi connectivity index (χ1v) is 5.38. The van der Waals surface area contributed by atoms with Crippen LogP contribution in [0.25, 0.3) is 11.0 Å². The fraction of sp³-hybridized carbons (Fsp3) is 0.333. The minimum atomic E-state index is -0.946. The van der Waals surface area contributed by atoms with Gasteiger partial charge in [-0.3, -0.25) is 4.79 Å². The van der Waals surface area contributed by atoms with Gasteiger partial charge in [0.2, 0.25) is 0 Å². The smallest absolute Gasteiger partial charge is 0.272 e. The molecule has 1 aromatic carbocycles. The van der Waals surface area contributed by atoms with Crippen molar-refractivity contribution in [3.05, 3.63) is 40.3 Å². The molecule has 2 rings (SSSR count). The molecular formula is C12H14N2O3. The minimum absolute atomic E-state index is 0.0687. The van der Waals surface area contributed by atoms with Crippen molar-refractivity contribution in [3.8, 4) is 0 Å². The predicted molar refractivity (Wildman–Crippen MR) is 63.8 cm³/mol. The Balaban J connectivity index is 2.66. The van der Waals surface area contributed by atoms with Crippen molar-refractivity contribution in [1.29, 1.82) is 0 Å². The van der Waals surface area contributed by atoms with Crippen LogP contribution >= 0.6 is 0 Å². The Bertz CT molecular complexity index is 592. The molecule has 0 unspecified atom stereocenters. The highest BCUT2D eigenvalue weighted by Crippen LogP contribution is 2.10. The first-order valence-electron chi connectivity index (χ1n) is 5.38. The monoisotopic (exact) mass is 234 g/mol. The number of nitrogens with zero attached hydrogens (tertiary/aromatic N) is 2. The van der Waals surface area contributed by atoms with Crippen molar-refractivity contribution in [1.82, 2.24) is 9.55 Å². The van der Waals surface area contributed by atoms with Crippen molar-refractivity contribution < 1.29 is 10.2 Å². The van der Waals surface area contributed by atoms with Gasteiger partial charge in [-0.1, -0.05) is 12.1 Å². The third-order valence-corrected chi connectivity index (χ3v) is 2.62. The van der Waals surface area contributed by atoms with Crippen LogP contribution in [-0.4, -0.2) is 32.5 Å². The summed E-state index contributed by atoms with van der Waals surface area (Å²) in [6.07, 6.45) is -0.946. The largest absolute Gasteiger partial charge is 0.394 e. The topological polar surface area (TPSA) is 75.3 Å². The van der Waals surface area contributed by atoms with Crippen LogP contribution in [-0.2, 0) is 6.54 Å². The highest BCUT2D eigenvalue weighted by Gasteiger charge is 2.11. The lowest BCUT2D eigenvalue weighted by Crippen LogP contribution is -2.30. The molecule has 0 aliphatic rings. The summed E-state index contributed by atoms with van der Waals surface area (Å²) < 4.78 is 1.44. The summed E-state index contributed by atoms with van der Waals surface area (Å²) in [5, 5.41) is 18.3. The summed E-state index contributed by atoms with van der Waals surface area (Å²) in [7, 11) is 0. The van der Waals surface area contributed by atoms with Crippen LogP contribution < -0.4 is 5.56 Å². The van der Waals surface area contributed by atoms with Crippen LogP contribution in [0.3, 0.4) is 0 Å². The lowest BCUT2D eigenvalue weighted by Gasteiger charge is -2.13. The average molecular weight is 234 g/mol. The van der Waals surface area contributed by atoms with Gasteiger partial charge in [-0.2, -0.15) is 0 Å². The van der Waals surface area contributed by atoms with E-state index in [-0.39, 0.29) is 18.7 Å². The van der Waals surface area contributed by atoms with Crippen molar-refractivity contribution in [2.24, 2.45) is 0 Å². The molecule has 1 heterocycles. The van der Waals surface area contributed by atoms with E-state index in [1.54, 1.807) is 19.1 Å². The van der Waals surface area contributed by atoms with E-state index in [2.05, 4.69) is 4.98 Å². The van der Waals surface area contributed by atoms with Crippen LogP contribution in [0.5, 0.6) is 0 Å². The second kappa shape index (κ2) is 4.65. The second-order valence-corrected chi connectivity index (χ2v) is 3.94. The standard InChI is InChI=1S/C12H14N2O3/c1-8-12(17)14(6-9(16)7-15)11-5-3-2-4-10(11)13-8/h2-5,9,15-16H,6-7H2,1H3/t9-/m1/s1. The molecule has 0 saturated heterocycles. The van der Waals surface area contributed by atoms with Gasteiger partial charge < -0.3 is 14.8 Å². The first-order chi connectivity index (χ1) is 8.13. The molecule has 2 N–H and O–H groups in total. The fourth-order valence-electron chi connectivity index (χ4n) is 1.77. The molecule has 0 radical (unpaired) electrons. The number of para-hydroxylation sites is 2. The summed E-state index contributed by atoms with van der Waals surface area (Å²) in [6.45, 7) is 1.33. The van der Waals surface area contributed by atoms with E-state index in [0.29, 0.717) is 16.7 Å². The van der Waals surface area contributed by atoms with E-state index in [1.165, 1.54) is 4.57 Å². The van der Waals surface area contributed by atoms with Gasteiger partial charge >= 0.3 is 0 Å². The number of rotatable bonds is 3. The van der Waals surface area contributed by atoms with Gasteiger partial charge in [0.25, 0.3) is 5.56 Å². The molecule has 0 aliphatic carbocycles. The van der Waals surface area contributed by atoms with Crippen molar-refractivity contribution in [2.75, 3.05) is 6.61 Å². The predicted octanol–water partition coefficient (Wildman–Crippen LogP) is 0.0581. The lowest BCUT2D eigenvalue weighted by molar-refractivity contribution is 0.0813. The summed E-state index contributed by atoms with van der Waals surface area (Å²) >= 11 is 0. The molecule has 2 aromatic rings. The molecule has 17 heavy (non-hydrogen) atoms. The third kappa shape index (κ3) is 2.20. The minimum Gasteiger partial charge on any atom is -0.394 e. The summed E-state index contributed by atoms with van der Waals surface area (Å²) in [4.78, 5) is 16.1. The number of hydrogen-bond acceptors (Lipinski definition) is 4. The molecule has 1 atom stereocenters. The van der Waals surface area contributed by atoms with Crippen LogP contribution in [0.1, 0.15) is 5.69 Å².